The Morgan fingerprint density at radius 1 is 1.50 bits per heavy atom. The molecule has 5 nitrogen and oxygen atoms in total. The molecule has 0 saturated carbocycles. The van der Waals surface area contributed by atoms with Crippen LogP contribution in [-0.4, -0.2) is 54.7 Å². The van der Waals surface area contributed by atoms with Crippen molar-refractivity contribution >= 4 is 5.91 Å². The van der Waals surface area contributed by atoms with Gasteiger partial charge in [0, 0.05) is 25.2 Å². The molecule has 0 spiro atoms. The molecular weight excluding hydrogens is 230 g/mol. The van der Waals surface area contributed by atoms with Gasteiger partial charge in [0.15, 0.2) is 0 Å². The van der Waals surface area contributed by atoms with Crippen molar-refractivity contribution in [2.24, 2.45) is 5.73 Å². The number of carbonyl (C=O) groups excluding carboxylic acids is 1. The first kappa shape index (κ1) is 15.4. The number of morpholine rings is 1. The minimum Gasteiger partial charge on any atom is -0.376 e. The van der Waals surface area contributed by atoms with Gasteiger partial charge in [0.2, 0.25) is 5.91 Å². The van der Waals surface area contributed by atoms with Crippen LogP contribution in [-0.2, 0) is 9.53 Å². The Labute approximate surface area is 110 Å². The normalized spacial score (nSPS) is 27.4. The van der Waals surface area contributed by atoms with E-state index in [2.05, 4.69) is 24.1 Å². The van der Waals surface area contributed by atoms with Crippen molar-refractivity contribution in [1.82, 2.24) is 10.2 Å². The van der Waals surface area contributed by atoms with E-state index in [0.29, 0.717) is 6.04 Å². The first-order valence-electron chi connectivity index (χ1n) is 6.81. The van der Waals surface area contributed by atoms with Crippen LogP contribution < -0.4 is 11.1 Å². The third kappa shape index (κ3) is 4.92. The summed E-state index contributed by atoms with van der Waals surface area (Å²) in [5, 5.41) is 3.21. The zero-order chi connectivity index (χ0) is 13.7. The van der Waals surface area contributed by atoms with Crippen LogP contribution in [0.2, 0.25) is 0 Å². The van der Waals surface area contributed by atoms with Crippen molar-refractivity contribution in [2.45, 2.75) is 58.3 Å². The quantitative estimate of drug-likeness (QED) is 0.720. The number of nitrogens with one attached hydrogen (secondary N) is 1. The van der Waals surface area contributed by atoms with Crippen LogP contribution in [0, 0.1) is 0 Å². The van der Waals surface area contributed by atoms with Crippen LogP contribution in [0.1, 0.15) is 34.1 Å². The highest BCUT2D eigenvalue weighted by Crippen LogP contribution is 2.12. The highest BCUT2D eigenvalue weighted by Gasteiger charge is 2.25. The van der Waals surface area contributed by atoms with E-state index in [1.807, 2.05) is 13.8 Å². The van der Waals surface area contributed by atoms with Crippen molar-refractivity contribution in [3.63, 3.8) is 0 Å². The van der Waals surface area contributed by atoms with E-state index in [0.717, 1.165) is 26.1 Å². The summed E-state index contributed by atoms with van der Waals surface area (Å²) in [6.45, 7) is 10.8. The molecule has 1 saturated heterocycles. The minimum atomic E-state index is -0.266. The third-order valence-electron chi connectivity index (χ3n) is 3.32. The molecule has 1 rings (SSSR count). The summed E-state index contributed by atoms with van der Waals surface area (Å²) in [4.78, 5) is 13.7. The molecule has 0 aliphatic carbocycles. The molecule has 3 unspecified atom stereocenters. The number of hydrogen-bond acceptors (Lipinski definition) is 4. The fraction of sp³-hybridized carbons (Fsp3) is 0.923. The van der Waals surface area contributed by atoms with Gasteiger partial charge in [-0.25, -0.2) is 0 Å². The molecule has 0 aromatic rings. The molecule has 106 valence electrons. The van der Waals surface area contributed by atoms with Crippen LogP contribution in [0.5, 0.6) is 0 Å². The lowest BCUT2D eigenvalue weighted by atomic mass is 10.1. The number of primary amides is 1. The van der Waals surface area contributed by atoms with Gasteiger partial charge in [-0.3, -0.25) is 9.69 Å². The first-order valence-corrected chi connectivity index (χ1v) is 6.81. The van der Waals surface area contributed by atoms with Crippen molar-refractivity contribution in [3.05, 3.63) is 0 Å². The Morgan fingerprint density at radius 2 is 2.17 bits per heavy atom. The van der Waals surface area contributed by atoms with Crippen molar-refractivity contribution in [1.29, 1.82) is 0 Å². The lowest BCUT2D eigenvalue weighted by Gasteiger charge is -2.37. The van der Waals surface area contributed by atoms with Gasteiger partial charge in [-0.05, 0) is 20.3 Å². The second-order valence-electron chi connectivity index (χ2n) is 5.55. The number of amides is 1. The number of rotatable bonds is 6. The summed E-state index contributed by atoms with van der Waals surface area (Å²) < 4.78 is 5.59. The Bertz CT molecular complexity index is 271. The Kier molecular flexibility index (Phi) is 6.05. The predicted molar refractivity (Wildman–Crippen MR) is 72.3 cm³/mol. The highest BCUT2D eigenvalue weighted by molar-refractivity contribution is 5.79. The number of nitrogens with zero attached hydrogens (tertiary/aromatic N) is 1. The monoisotopic (exact) mass is 257 g/mol. The Morgan fingerprint density at radius 3 is 2.72 bits per heavy atom. The van der Waals surface area contributed by atoms with Crippen LogP contribution >= 0.6 is 0 Å². The van der Waals surface area contributed by atoms with Gasteiger partial charge in [-0.15, -0.1) is 0 Å². The third-order valence-corrected chi connectivity index (χ3v) is 3.32. The second kappa shape index (κ2) is 7.07. The molecule has 5 heteroatoms. The lowest BCUT2D eigenvalue weighted by molar-refractivity contribution is -0.120. The van der Waals surface area contributed by atoms with Gasteiger partial charge in [-0.1, -0.05) is 13.8 Å². The van der Waals surface area contributed by atoms with Crippen molar-refractivity contribution in [2.75, 3.05) is 19.7 Å². The smallest absolute Gasteiger partial charge is 0.234 e. The van der Waals surface area contributed by atoms with Gasteiger partial charge >= 0.3 is 0 Å². The topological polar surface area (TPSA) is 67.6 Å². The van der Waals surface area contributed by atoms with Crippen LogP contribution in [0.3, 0.4) is 0 Å². The van der Waals surface area contributed by atoms with E-state index in [9.17, 15) is 4.79 Å². The van der Waals surface area contributed by atoms with Crippen molar-refractivity contribution < 1.29 is 9.53 Å². The molecule has 0 bridgehead atoms. The summed E-state index contributed by atoms with van der Waals surface area (Å²) >= 11 is 0. The molecule has 3 N–H and O–H groups in total. The minimum absolute atomic E-state index is 0.240. The van der Waals surface area contributed by atoms with Gasteiger partial charge in [0.05, 0.1) is 18.8 Å². The molecule has 1 heterocycles. The maximum absolute atomic E-state index is 11.4. The molecule has 0 aromatic carbocycles. The van der Waals surface area contributed by atoms with Gasteiger partial charge in [0.1, 0.15) is 0 Å². The van der Waals surface area contributed by atoms with Crippen molar-refractivity contribution in [3.8, 4) is 0 Å². The molecule has 3 atom stereocenters. The molecule has 1 amide bonds. The molecule has 1 aliphatic heterocycles. The van der Waals surface area contributed by atoms with Gasteiger partial charge in [-0.2, -0.15) is 0 Å². The summed E-state index contributed by atoms with van der Waals surface area (Å²) in [7, 11) is 0. The fourth-order valence-corrected chi connectivity index (χ4v) is 2.29. The van der Waals surface area contributed by atoms with E-state index in [1.54, 1.807) is 0 Å². The molecule has 1 aliphatic rings. The number of nitrogens with two attached hydrogens (primary N) is 1. The lowest BCUT2D eigenvalue weighted by Crippen LogP contribution is -2.51. The summed E-state index contributed by atoms with van der Waals surface area (Å²) in [5.41, 5.74) is 5.42. The van der Waals surface area contributed by atoms with Crippen LogP contribution in [0.25, 0.3) is 0 Å². The van der Waals surface area contributed by atoms with E-state index >= 15 is 0 Å². The molecular formula is C13H27N3O2. The molecule has 0 radical (unpaired) electrons. The summed E-state index contributed by atoms with van der Waals surface area (Å²) in [6, 6.07) is 0.438. The maximum Gasteiger partial charge on any atom is 0.234 e. The van der Waals surface area contributed by atoms with E-state index < -0.39 is 0 Å². The molecule has 0 aromatic heterocycles. The van der Waals surface area contributed by atoms with E-state index in [1.165, 1.54) is 0 Å². The Balaban J connectivity index is 2.43. The zero-order valence-corrected chi connectivity index (χ0v) is 12.0. The zero-order valence-electron chi connectivity index (χ0n) is 12.0. The number of hydrogen-bond donors (Lipinski definition) is 2. The largest absolute Gasteiger partial charge is 0.376 e. The highest BCUT2D eigenvalue weighted by atomic mass is 16.5. The average Bonchev–Trinajstić information content (AvgIpc) is 2.27. The average molecular weight is 257 g/mol. The standard InChI is InChI=1S/C13H27N3O2/c1-9(2)15-12(13(14)17)5-6-16-7-11(4)18-8-10(16)3/h9-12,15H,5-8H2,1-4H3,(H2,14,17). The number of ether oxygens (including phenoxy) is 1. The predicted octanol–water partition coefficient (Wildman–Crippen LogP) is 0.338. The molecule has 18 heavy (non-hydrogen) atoms. The van der Waals surface area contributed by atoms with E-state index in [4.69, 9.17) is 10.5 Å². The van der Waals surface area contributed by atoms with Gasteiger partial charge in [0.25, 0.3) is 0 Å². The van der Waals surface area contributed by atoms with Crippen LogP contribution in [0.15, 0.2) is 0 Å². The van der Waals surface area contributed by atoms with E-state index in [-0.39, 0.29) is 24.1 Å². The fourth-order valence-electron chi connectivity index (χ4n) is 2.29. The SMILES string of the molecule is CC(C)NC(CCN1CC(C)OCC1C)C(N)=O. The summed E-state index contributed by atoms with van der Waals surface area (Å²) in [6.07, 6.45) is 1.02. The Hall–Kier alpha value is -0.650. The first-order chi connectivity index (χ1) is 8.40. The number of carbonyl (C=O) groups is 1. The van der Waals surface area contributed by atoms with Gasteiger partial charge < -0.3 is 15.8 Å². The second-order valence-corrected chi connectivity index (χ2v) is 5.55. The summed E-state index contributed by atoms with van der Waals surface area (Å²) in [5.74, 6) is -0.266. The maximum atomic E-state index is 11.4. The molecule has 1 fully saturated rings. The van der Waals surface area contributed by atoms with Crippen LogP contribution in [0.4, 0.5) is 0 Å².